The molecule has 1 heterocycles. The van der Waals surface area contributed by atoms with Gasteiger partial charge in [0.25, 0.3) is 0 Å². The van der Waals surface area contributed by atoms with Crippen molar-refractivity contribution in [1.29, 1.82) is 5.26 Å². The Bertz CT molecular complexity index is 759. The summed E-state index contributed by atoms with van der Waals surface area (Å²) in [6.45, 7) is -0.886. The van der Waals surface area contributed by atoms with Crippen LogP contribution in [0.3, 0.4) is 0 Å². The molecule has 2 aliphatic rings. The third-order valence-electron chi connectivity index (χ3n) is 5.95. The molecule has 1 aliphatic heterocycles. The van der Waals surface area contributed by atoms with Crippen LogP contribution in [0, 0.1) is 17.2 Å². The highest BCUT2D eigenvalue weighted by molar-refractivity contribution is 5.22. The van der Waals surface area contributed by atoms with Gasteiger partial charge in [-0.1, -0.05) is 30.3 Å². The van der Waals surface area contributed by atoms with E-state index in [1.807, 2.05) is 6.07 Å². The van der Waals surface area contributed by atoms with E-state index in [9.17, 15) is 41.0 Å². The Morgan fingerprint density at radius 1 is 0.938 bits per heavy atom. The molecule has 1 aromatic rings. The highest BCUT2D eigenvalue weighted by atomic mass is 16.7. The Kier molecular flexibility index (Phi) is 8.54. The van der Waals surface area contributed by atoms with Crippen molar-refractivity contribution in [2.45, 2.75) is 67.6 Å². The number of benzene rings is 1. The topological polar surface area (TPSA) is 193 Å². The number of nitrogens with zero attached hydrogens (tertiary/aromatic N) is 1. The summed E-state index contributed by atoms with van der Waals surface area (Å²) >= 11 is 0. The number of hydrogen-bond donors (Lipinski definition) is 7. The van der Waals surface area contributed by atoms with E-state index in [2.05, 4.69) is 0 Å². The second-order valence-corrected chi connectivity index (χ2v) is 8.09. The first kappa shape index (κ1) is 24.9. The van der Waals surface area contributed by atoms with Crippen molar-refractivity contribution in [1.82, 2.24) is 0 Å². The van der Waals surface area contributed by atoms with Gasteiger partial charge in [0.2, 0.25) is 0 Å². The van der Waals surface area contributed by atoms with E-state index in [0.717, 1.165) is 0 Å². The molecule has 11 heteroatoms. The third-order valence-corrected chi connectivity index (χ3v) is 5.95. The van der Waals surface area contributed by atoms with Crippen molar-refractivity contribution < 1.29 is 50.0 Å². The van der Waals surface area contributed by atoms with E-state index in [0.29, 0.717) is 5.56 Å². The molecule has 0 spiro atoms. The molecule has 0 radical (unpaired) electrons. The van der Waals surface area contributed by atoms with Crippen LogP contribution in [-0.2, 0) is 14.2 Å². The second kappa shape index (κ2) is 11.0. The van der Waals surface area contributed by atoms with Gasteiger partial charge in [-0.3, -0.25) is 0 Å². The lowest BCUT2D eigenvalue weighted by Crippen LogP contribution is -2.60. The van der Waals surface area contributed by atoms with Gasteiger partial charge >= 0.3 is 0 Å². The average molecular weight is 455 g/mol. The fraction of sp³-hybridized carbons (Fsp3) is 0.667. The standard InChI is InChI=1S/C21H29NO10/c22-7-13(10-4-2-1-3-5-10)31-12-6-11(15(24)18(27)16(12)25)9-30-21-20(29)19(28)17(26)14(8-23)32-21/h1-5,11-21,23-29H,6,8-9H2/t11-,12-,13?,14-,15-,16+,17-,18+,19+,20-,21-/m1/s1. The Balaban J connectivity index is 1.65. The van der Waals surface area contributed by atoms with Gasteiger partial charge in [0.15, 0.2) is 12.4 Å². The summed E-state index contributed by atoms with van der Waals surface area (Å²) in [4.78, 5) is 0. The zero-order chi connectivity index (χ0) is 23.4. The molecule has 0 amide bonds. The number of nitriles is 1. The van der Waals surface area contributed by atoms with E-state index in [-0.39, 0.29) is 13.0 Å². The van der Waals surface area contributed by atoms with Gasteiger partial charge < -0.3 is 50.0 Å². The van der Waals surface area contributed by atoms with E-state index < -0.39 is 73.8 Å². The summed E-state index contributed by atoms with van der Waals surface area (Å²) in [7, 11) is 0. The average Bonchev–Trinajstić information content (AvgIpc) is 2.81. The Labute approximate surface area is 184 Å². The van der Waals surface area contributed by atoms with Crippen molar-refractivity contribution in [3.63, 3.8) is 0 Å². The Morgan fingerprint density at radius 3 is 2.22 bits per heavy atom. The van der Waals surface area contributed by atoms with Gasteiger partial charge in [-0.25, -0.2) is 0 Å². The predicted octanol–water partition coefficient (Wildman–Crippen LogP) is -2.44. The lowest BCUT2D eigenvalue weighted by molar-refractivity contribution is -0.307. The quantitative estimate of drug-likeness (QED) is 0.231. The monoisotopic (exact) mass is 455 g/mol. The van der Waals surface area contributed by atoms with Gasteiger partial charge in [0.1, 0.15) is 36.6 Å². The molecule has 11 atom stereocenters. The molecule has 1 saturated heterocycles. The summed E-state index contributed by atoms with van der Waals surface area (Å²) in [6, 6.07) is 10.6. The molecule has 2 fully saturated rings. The predicted molar refractivity (Wildman–Crippen MR) is 106 cm³/mol. The number of aliphatic hydroxyl groups is 7. The minimum atomic E-state index is -1.62. The van der Waals surface area contributed by atoms with Crippen LogP contribution in [-0.4, -0.2) is 104 Å². The highest BCUT2D eigenvalue weighted by Crippen LogP contribution is 2.32. The molecule has 7 N–H and O–H groups in total. The fourth-order valence-electron chi connectivity index (χ4n) is 3.99. The largest absolute Gasteiger partial charge is 0.394 e. The van der Waals surface area contributed by atoms with Gasteiger partial charge in [0.05, 0.1) is 31.5 Å². The summed E-state index contributed by atoms with van der Waals surface area (Å²) in [5, 5.41) is 79.6. The van der Waals surface area contributed by atoms with Gasteiger partial charge in [-0.05, 0) is 12.0 Å². The maximum Gasteiger partial charge on any atom is 0.186 e. The maximum absolute atomic E-state index is 10.4. The van der Waals surface area contributed by atoms with Crippen molar-refractivity contribution in [3.8, 4) is 6.07 Å². The van der Waals surface area contributed by atoms with Crippen LogP contribution in [0.2, 0.25) is 0 Å². The lowest BCUT2D eigenvalue weighted by Gasteiger charge is -2.43. The smallest absolute Gasteiger partial charge is 0.186 e. The lowest BCUT2D eigenvalue weighted by atomic mass is 9.81. The number of hydrogen-bond acceptors (Lipinski definition) is 11. The maximum atomic E-state index is 10.4. The summed E-state index contributed by atoms with van der Waals surface area (Å²) in [5.74, 6) is -0.777. The summed E-state index contributed by atoms with van der Waals surface area (Å²) in [6.07, 6.45) is -13.7. The molecule has 3 rings (SSSR count). The molecule has 11 nitrogen and oxygen atoms in total. The molecule has 178 valence electrons. The van der Waals surface area contributed by atoms with E-state index in [4.69, 9.17) is 14.2 Å². The fourth-order valence-corrected chi connectivity index (χ4v) is 3.99. The first-order chi connectivity index (χ1) is 15.3. The molecule has 1 aromatic carbocycles. The van der Waals surface area contributed by atoms with E-state index >= 15 is 0 Å². The van der Waals surface area contributed by atoms with Crippen LogP contribution in [0.1, 0.15) is 18.1 Å². The SMILES string of the molecule is N#CC(O[C@@H]1C[C@H](CO[C@@H]2O[C@H](CO)[C@@H](O)[C@H](O)[C@H]2O)[C@@H](O)[C@H](O)[C@H]1O)c1ccccc1. The van der Waals surface area contributed by atoms with Crippen LogP contribution in [0.15, 0.2) is 30.3 Å². The molecule has 32 heavy (non-hydrogen) atoms. The zero-order valence-electron chi connectivity index (χ0n) is 17.2. The Hall–Kier alpha value is -1.69. The van der Waals surface area contributed by atoms with Gasteiger partial charge in [-0.15, -0.1) is 0 Å². The van der Waals surface area contributed by atoms with Crippen molar-refractivity contribution in [2.75, 3.05) is 13.2 Å². The first-order valence-electron chi connectivity index (χ1n) is 10.3. The molecule has 1 aliphatic carbocycles. The van der Waals surface area contributed by atoms with E-state index in [1.54, 1.807) is 30.3 Å². The summed E-state index contributed by atoms with van der Waals surface area (Å²) < 4.78 is 16.5. The van der Waals surface area contributed by atoms with Crippen molar-refractivity contribution in [2.24, 2.45) is 5.92 Å². The molecule has 1 unspecified atom stereocenters. The summed E-state index contributed by atoms with van der Waals surface area (Å²) in [5.41, 5.74) is 0.567. The minimum absolute atomic E-state index is 0.0157. The Morgan fingerprint density at radius 2 is 1.59 bits per heavy atom. The number of aliphatic hydroxyl groups excluding tert-OH is 7. The van der Waals surface area contributed by atoms with Gasteiger partial charge in [-0.2, -0.15) is 5.26 Å². The minimum Gasteiger partial charge on any atom is -0.394 e. The molecule has 0 bridgehead atoms. The van der Waals surface area contributed by atoms with Crippen LogP contribution >= 0.6 is 0 Å². The normalized spacial score (nSPS) is 41.1. The highest BCUT2D eigenvalue weighted by Gasteiger charge is 2.47. The molecule has 1 saturated carbocycles. The number of rotatable bonds is 7. The van der Waals surface area contributed by atoms with Crippen LogP contribution in [0.5, 0.6) is 0 Å². The molecule has 0 aromatic heterocycles. The van der Waals surface area contributed by atoms with E-state index in [1.165, 1.54) is 0 Å². The van der Waals surface area contributed by atoms with Crippen LogP contribution in [0.25, 0.3) is 0 Å². The van der Waals surface area contributed by atoms with Crippen molar-refractivity contribution in [3.05, 3.63) is 35.9 Å². The van der Waals surface area contributed by atoms with Gasteiger partial charge in [0, 0.05) is 5.92 Å². The second-order valence-electron chi connectivity index (χ2n) is 8.09. The molecular formula is C21H29NO10. The van der Waals surface area contributed by atoms with Crippen molar-refractivity contribution >= 4 is 0 Å². The zero-order valence-corrected chi connectivity index (χ0v) is 17.2. The third kappa shape index (κ3) is 5.27. The number of ether oxygens (including phenoxy) is 3. The van der Waals surface area contributed by atoms with Crippen LogP contribution in [0.4, 0.5) is 0 Å². The molecular weight excluding hydrogens is 426 g/mol. The van der Waals surface area contributed by atoms with Crippen LogP contribution < -0.4 is 0 Å². The first-order valence-corrected chi connectivity index (χ1v) is 10.3.